The molecule has 2 nitrogen and oxygen atoms in total. The predicted molar refractivity (Wildman–Crippen MR) is 224 cm³/mol. The largest absolute Gasteiger partial charge is 0.335 e. The SMILES string of the molecule is CC12CCCCC1(C)N1c3cccc4c3B(c3ccc(-c5ccccc5)c2c31)c1ccc(-c2ccccc2)c2c1N4C1(C)CC3CCCCC3CC21C. The van der Waals surface area contributed by atoms with Crippen LogP contribution in [0, 0.1) is 11.8 Å². The highest BCUT2D eigenvalue weighted by molar-refractivity contribution is 7.00. The Hall–Kier alpha value is -4.24. The van der Waals surface area contributed by atoms with Crippen LogP contribution in [0.1, 0.15) is 103 Å². The van der Waals surface area contributed by atoms with Gasteiger partial charge in [-0.15, -0.1) is 0 Å². The van der Waals surface area contributed by atoms with E-state index in [0.717, 1.165) is 11.8 Å². The molecule has 5 aromatic rings. The molecular formula is C50H51BN2. The number of rotatable bonds is 2. The Kier molecular flexibility index (Phi) is 6.05. The van der Waals surface area contributed by atoms with Gasteiger partial charge < -0.3 is 9.80 Å². The van der Waals surface area contributed by atoms with Gasteiger partial charge in [0.15, 0.2) is 0 Å². The van der Waals surface area contributed by atoms with Crippen molar-refractivity contribution in [3.63, 3.8) is 0 Å². The summed E-state index contributed by atoms with van der Waals surface area (Å²) in [4.78, 5) is 5.88. The van der Waals surface area contributed by atoms with E-state index in [2.05, 4.69) is 141 Å². The van der Waals surface area contributed by atoms with E-state index in [1.165, 1.54) is 109 Å². The molecule has 3 heteroatoms. The van der Waals surface area contributed by atoms with Gasteiger partial charge in [0, 0.05) is 33.6 Å². The molecular weight excluding hydrogens is 639 g/mol. The summed E-state index contributed by atoms with van der Waals surface area (Å²) < 4.78 is 0. The fourth-order valence-electron chi connectivity index (χ4n) is 14.2. The summed E-state index contributed by atoms with van der Waals surface area (Å²) in [5.41, 5.74) is 19.7. The molecule has 0 spiro atoms. The van der Waals surface area contributed by atoms with Gasteiger partial charge in [0.1, 0.15) is 0 Å². The number of hydrogen-bond donors (Lipinski definition) is 0. The number of anilines is 4. The van der Waals surface area contributed by atoms with Gasteiger partial charge in [-0.3, -0.25) is 0 Å². The number of hydrogen-bond acceptors (Lipinski definition) is 2. The zero-order chi connectivity index (χ0) is 35.5. The summed E-state index contributed by atoms with van der Waals surface area (Å²) in [6.45, 7) is 10.9. The van der Waals surface area contributed by atoms with Gasteiger partial charge in [-0.2, -0.15) is 0 Å². The van der Waals surface area contributed by atoms with Crippen LogP contribution in [0.3, 0.4) is 0 Å². The van der Waals surface area contributed by atoms with Crippen molar-refractivity contribution < 1.29 is 0 Å². The van der Waals surface area contributed by atoms with Crippen molar-refractivity contribution in [3.8, 4) is 22.3 Å². The van der Waals surface area contributed by atoms with Crippen molar-refractivity contribution in [1.82, 2.24) is 0 Å². The van der Waals surface area contributed by atoms with Crippen molar-refractivity contribution in [1.29, 1.82) is 0 Å². The lowest BCUT2D eigenvalue weighted by Crippen LogP contribution is -2.67. The Labute approximate surface area is 316 Å². The fourth-order valence-corrected chi connectivity index (χ4v) is 14.2. The number of fused-ring (bicyclic) bond motifs is 11. The van der Waals surface area contributed by atoms with E-state index in [4.69, 9.17) is 0 Å². The highest BCUT2D eigenvalue weighted by atomic mass is 15.3. The van der Waals surface area contributed by atoms with Gasteiger partial charge in [-0.05, 0) is 113 Å². The molecule has 0 bridgehead atoms. The average molecular weight is 691 g/mol. The number of nitrogens with zero attached hydrogens (tertiary/aromatic N) is 2. The van der Waals surface area contributed by atoms with Crippen molar-refractivity contribution in [2.45, 2.75) is 114 Å². The Bertz CT molecular complexity index is 2370. The standard InChI is InChI=1S/C50H51BN2/c1-47-28-13-14-29-49(47,3)52-40-22-15-23-41-44(40)51(38-26-24-36(42(47)45(38)52)32-16-7-5-8-17-32)39-27-25-37(33-18-9-6-10-19-33)43-46(39)53(41)50(4)31-35-21-12-11-20-34(35)30-48(43,50)2/h5-10,15-19,22-27,34-35H,11-14,20-21,28-31H2,1-4H3. The van der Waals surface area contributed by atoms with Gasteiger partial charge in [-0.25, -0.2) is 0 Å². The van der Waals surface area contributed by atoms with Gasteiger partial charge in [-0.1, -0.05) is 143 Å². The topological polar surface area (TPSA) is 6.48 Å². The molecule has 5 aromatic carbocycles. The zero-order valence-electron chi connectivity index (χ0n) is 32.0. The molecule has 0 aromatic heterocycles. The lowest BCUT2D eigenvalue weighted by molar-refractivity contribution is 0.0583. The molecule has 6 unspecified atom stereocenters. The van der Waals surface area contributed by atoms with Crippen LogP contribution in [-0.4, -0.2) is 17.8 Å². The Morgan fingerprint density at radius 3 is 1.64 bits per heavy atom. The van der Waals surface area contributed by atoms with E-state index in [-0.39, 0.29) is 28.6 Å². The van der Waals surface area contributed by atoms with E-state index in [9.17, 15) is 0 Å². The van der Waals surface area contributed by atoms with Crippen molar-refractivity contribution in [3.05, 3.63) is 114 Å². The maximum atomic E-state index is 2.97. The van der Waals surface area contributed by atoms with Crippen LogP contribution in [0.4, 0.5) is 22.7 Å². The van der Waals surface area contributed by atoms with E-state index in [1.807, 2.05) is 0 Å². The first kappa shape index (κ1) is 31.1. The molecule has 4 heterocycles. The van der Waals surface area contributed by atoms with Gasteiger partial charge in [0.25, 0.3) is 6.71 Å². The molecule has 4 aliphatic heterocycles. The van der Waals surface area contributed by atoms with Crippen molar-refractivity contribution in [2.75, 3.05) is 9.80 Å². The van der Waals surface area contributed by atoms with Crippen LogP contribution in [-0.2, 0) is 10.8 Å². The highest BCUT2D eigenvalue weighted by Crippen LogP contribution is 2.68. The van der Waals surface area contributed by atoms with Gasteiger partial charge >= 0.3 is 0 Å². The van der Waals surface area contributed by atoms with Crippen molar-refractivity contribution in [2.24, 2.45) is 11.8 Å². The summed E-state index contributed by atoms with van der Waals surface area (Å²) in [7, 11) is 0. The summed E-state index contributed by atoms with van der Waals surface area (Å²) in [6, 6.07) is 40.4. The second kappa shape index (κ2) is 10.3. The van der Waals surface area contributed by atoms with E-state index >= 15 is 0 Å². The molecule has 264 valence electrons. The minimum Gasteiger partial charge on any atom is -0.335 e. The summed E-state index contributed by atoms with van der Waals surface area (Å²) in [6.07, 6.45) is 13.3. The third-order valence-corrected chi connectivity index (χ3v) is 16.9. The predicted octanol–water partition coefficient (Wildman–Crippen LogP) is 10.7. The van der Waals surface area contributed by atoms with Crippen LogP contribution in [0.2, 0.25) is 0 Å². The molecule has 6 atom stereocenters. The third kappa shape index (κ3) is 3.55. The number of benzene rings is 5. The van der Waals surface area contributed by atoms with Gasteiger partial charge in [0.05, 0.1) is 11.1 Å². The second-order valence-corrected chi connectivity index (χ2v) is 19.0. The maximum absolute atomic E-state index is 2.97. The molecule has 3 saturated carbocycles. The first-order chi connectivity index (χ1) is 25.8. The van der Waals surface area contributed by atoms with Crippen LogP contribution in [0.25, 0.3) is 22.3 Å². The van der Waals surface area contributed by atoms with Crippen LogP contribution in [0.5, 0.6) is 0 Å². The monoisotopic (exact) mass is 690 g/mol. The van der Waals surface area contributed by atoms with Gasteiger partial charge in [0.2, 0.25) is 0 Å². The molecule has 0 N–H and O–H groups in total. The molecule has 0 amide bonds. The Balaban J connectivity index is 1.19. The average Bonchev–Trinajstić information content (AvgIpc) is 3.54. The maximum Gasteiger partial charge on any atom is 0.252 e. The zero-order valence-corrected chi connectivity index (χ0v) is 32.0. The Morgan fingerprint density at radius 2 is 1.04 bits per heavy atom. The summed E-state index contributed by atoms with van der Waals surface area (Å²) >= 11 is 0. The first-order valence-electron chi connectivity index (χ1n) is 21.0. The second-order valence-electron chi connectivity index (χ2n) is 19.0. The van der Waals surface area contributed by atoms with Crippen LogP contribution in [0.15, 0.2) is 103 Å². The lowest BCUT2D eigenvalue weighted by atomic mass is 9.33. The molecule has 7 aliphatic rings. The van der Waals surface area contributed by atoms with E-state index < -0.39 is 0 Å². The highest BCUT2D eigenvalue weighted by Gasteiger charge is 2.67. The molecule has 3 fully saturated rings. The minimum atomic E-state index is 0.00440. The quantitative estimate of drug-likeness (QED) is 0.170. The Morgan fingerprint density at radius 1 is 0.509 bits per heavy atom. The third-order valence-electron chi connectivity index (χ3n) is 16.9. The van der Waals surface area contributed by atoms with Crippen LogP contribution >= 0.6 is 0 Å². The first-order valence-corrected chi connectivity index (χ1v) is 21.0. The molecule has 0 saturated heterocycles. The molecule has 53 heavy (non-hydrogen) atoms. The molecule has 3 aliphatic carbocycles. The van der Waals surface area contributed by atoms with E-state index in [1.54, 1.807) is 27.7 Å². The summed E-state index contributed by atoms with van der Waals surface area (Å²) in [5, 5.41) is 0. The fraction of sp³-hybridized carbons (Fsp3) is 0.400. The molecule has 0 radical (unpaired) electrons. The molecule has 12 rings (SSSR count). The minimum absolute atomic E-state index is 0.00440. The van der Waals surface area contributed by atoms with Crippen LogP contribution < -0.4 is 26.2 Å². The van der Waals surface area contributed by atoms with Crippen molar-refractivity contribution >= 4 is 45.9 Å². The summed E-state index contributed by atoms with van der Waals surface area (Å²) in [5.74, 6) is 1.64. The lowest BCUT2D eigenvalue weighted by Gasteiger charge is -2.57. The smallest absolute Gasteiger partial charge is 0.252 e. The normalized spacial score (nSPS) is 32.3. The van der Waals surface area contributed by atoms with E-state index in [0.29, 0.717) is 0 Å².